The van der Waals surface area contributed by atoms with Crippen LogP contribution in [0.3, 0.4) is 0 Å². The molecule has 2 amide bonds. The van der Waals surface area contributed by atoms with Gasteiger partial charge in [0.1, 0.15) is 22.8 Å². The number of aliphatic carboxylic acids is 1. The van der Waals surface area contributed by atoms with Gasteiger partial charge in [-0.05, 0) is 31.3 Å². The number of thiazole rings is 1. The van der Waals surface area contributed by atoms with E-state index in [9.17, 15) is 19.5 Å². The van der Waals surface area contributed by atoms with E-state index in [-0.39, 0.29) is 22.2 Å². The molecule has 4 aromatic rings. The summed E-state index contributed by atoms with van der Waals surface area (Å²) in [7, 11) is 0. The van der Waals surface area contributed by atoms with E-state index in [4.69, 9.17) is 10.6 Å². The lowest BCUT2D eigenvalue weighted by molar-refractivity contribution is -0.150. The molecule has 1 aromatic heterocycles. The van der Waals surface area contributed by atoms with Crippen molar-refractivity contribution in [3.63, 3.8) is 0 Å². The van der Waals surface area contributed by atoms with Gasteiger partial charge in [0.25, 0.3) is 11.8 Å². The fourth-order valence-electron chi connectivity index (χ4n) is 8.27. The molecule has 11 nitrogen and oxygen atoms in total. The third kappa shape index (κ3) is 8.91. The summed E-state index contributed by atoms with van der Waals surface area (Å²) in [5, 5.41) is 22.0. The maximum Gasteiger partial charge on any atom is 0.352 e. The number of aromatic nitrogens is 1. The lowest BCUT2D eigenvalue weighted by Gasteiger charge is -2.49. The van der Waals surface area contributed by atoms with Crippen LogP contribution in [0.5, 0.6) is 0 Å². The number of allylic oxidation sites excluding steroid dienone is 1. The Labute approximate surface area is 347 Å². The number of hydrogen-bond acceptors (Lipinski definition) is 10. The van der Waals surface area contributed by atoms with Crippen LogP contribution in [0.2, 0.25) is 0 Å². The Morgan fingerprint density at radius 3 is 1.83 bits per heavy atom. The van der Waals surface area contributed by atoms with Crippen LogP contribution < -0.4 is 16.4 Å². The number of amides is 2. The monoisotopic (exact) mass is 818 g/mol. The summed E-state index contributed by atoms with van der Waals surface area (Å²) < 4.78 is 0. The molecule has 1 saturated heterocycles. The number of β-lactam (4-membered cyclic amide) rings is 1. The van der Waals surface area contributed by atoms with Crippen molar-refractivity contribution in [2.24, 2.45) is 5.16 Å². The number of benzene rings is 3. The van der Waals surface area contributed by atoms with Crippen LogP contribution in [0, 0.1) is 0 Å². The Hall–Kier alpha value is -5.24. The number of hydrogen-bond donors (Lipinski definition) is 4. The topological polar surface area (TPSA) is 159 Å². The molecule has 5 N–H and O–H groups in total. The summed E-state index contributed by atoms with van der Waals surface area (Å²) in [4.78, 5) is 51.1. The average Bonchev–Trinajstić information content (AvgIpc) is 3.70. The van der Waals surface area contributed by atoms with Crippen molar-refractivity contribution in [1.82, 2.24) is 20.5 Å². The fourth-order valence-corrected chi connectivity index (χ4v) is 10.2. The van der Waals surface area contributed by atoms with Crippen LogP contribution in [-0.2, 0) is 24.8 Å². The lowest BCUT2D eigenvalue weighted by Crippen LogP contribution is -2.71. The third-order valence-corrected chi connectivity index (χ3v) is 13.2. The quantitative estimate of drug-likeness (QED) is 0.0489. The Kier molecular flexibility index (Phi) is 13.4. The first-order chi connectivity index (χ1) is 28.3. The first-order valence-corrected chi connectivity index (χ1v) is 22.0. The van der Waals surface area contributed by atoms with Gasteiger partial charge in [0.05, 0.1) is 0 Å². The molecule has 0 spiro atoms. The zero-order valence-electron chi connectivity index (χ0n) is 32.4. The van der Waals surface area contributed by atoms with Crippen molar-refractivity contribution in [1.29, 1.82) is 0 Å². The molecule has 0 bridgehead atoms. The minimum atomic E-state index is -1.28. The Morgan fingerprint density at radius 2 is 1.38 bits per heavy atom. The number of rotatable bonds is 12. The van der Waals surface area contributed by atoms with Crippen LogP contribution >= 0.6 is 23.1 Å². The molecule has 3 heterocycles. The Bertz CT molecular complexity index is 2000. The summed E-state index contributed by atoms with van der Waals surface area (Å²) in [5.41, 5.74) is 7.23. The number of carbonyl (C=O) groups excluding carboxylic acids is 2. The number of thioether (sulfide) groups is 1. The van der Waals surface area contributed by atoms with E-state index in [1.54, 1.807) is 5.38 Å². The van der Waals surface area contributed by atoms with Crippen LogP contribution in [-0.4, -0.2) is 67.7 Å². The molecule has 2 saturated carbocycles. The summed E-state index contributed by atoms with van der Waals surface area (Å²) in [5.74, 6) is -2.19. The van der Waals surface area contributed by atoms with Gasteiger partial charge in [-0.25, -0.2) is 9.78 Å². The molecule has 58 heavy (non-hydrogen) atoms. The van der Waals surface area contributed by atoms with E-state index in [2.05, 4.69) is 27.4 Å². The van der Waals surface area contributed by atoms with E-state index in [0.717, 1.165) is 40.1 Å². The highest BCUT2D eigenvalue weighted by atomic mass is 32.2. The summed E-state index contributed by atoms with van der Waals surface area (Å²) >= 11 is 2.46. The van der Waals surface area contributed by atoms with Gasteiger partial charge >= 0.3 is 5.97 Å². The van der Waals surface area contributed by atoms with Crippen molar-refractivity contribution in [2.75, 3.05) is 11.5 Å². The summed E-state index contributed by atoms with van der Waals surface area (Å²) in [6.45, 7) is 3.67. The number of nitrogens with two attached hydrogens (primary N) is 1. The number of anilines is 1. The van der Waals surface area contributed by atoms with Crippen molar-refractivity contribution < 1.29 is 24.3 Å². The maximum absolute atomic E-state index is 13.9. The standard InChI is InChI=1S/C33H27N5O5S2.C12H23N/c1-2-20-18-44-30-26(29(40)38(30)27(20)31(41)42)36-28(39)25(24-19-45-32(34)35-24)37-43-33(21-12-6-3-7-13-21,22-14-8-4-9-15-22)23-16-10-5-11-17-23;1-3-7-11(8-4-1)13-12-9-5-2-6-10-12/h2-17,19,26,30H,1,18H2,(H2,34,35)(H,36,39)(H,41,42);11-13H,1-10H2/b37-25-;/t26-,30+;/m1./s1. The molecule has 8 rings (SSSR count). The van der Waals surface area contributed by atoms with Gasteiger partial charge in [0.15, 0.2) is 10.8 Å². The molecule has 2 aliphatic heterocycles. The minimum Gasteiger partial charge on any atom is -0.477 e. The third-order valence-electron chi connectivity index (χ3n) is 11.2. The summed E-state index contributed by atoms with van der Waals surface area (Å²) in [6.07, 6.45) is 16.0. The number of carbonyl (C=O) groups is 3. The van der Waals surface area contributed by atoms with E-state index in [1.165, 1.54) is 86.9 Å². The van der Waals surface area contributed by atoms with Gasteiger partial charge in [0, 0.05) is 39.9 Å². The molecule has 13 heteroatoms. The van der Waals surface area contributed by atoms with Gasteiger partial charge in [0.2, 0.25) is 5.60 Å². The number of carboxylic acid groups (broad SMARTS) is 1. The lowest BCUT2D eigenvalue weighted by atomic mass is 9.80. The molecule has 302 valence electrons. The maximum atomic E-state index is 13.9. The smallest absolute Gasteiger partial charge is 0.352 e. The highest BCUT2D eigenvalue weighted by Gasteiger charge is 2.54. The molecule has 0 radical (unpaired) electrons. The minimum absolute atomic E-state index is 0.132. The first kappa shape index (κ1) is 40.9. The second kappa shape index (κ2) is 19.0. The molecule has 0 unspecified atom stereocenters. The van der Waals surface area contributed by atoms with Crippen molar-refractivity contribution in [3.05, 3.63) is 143 Å². The first-order valence-electron chi connectivity index (χ1n) is 20.0. The Morgan fingerprint density at radius 1 is 0.862 bits per heavy atom. The average molecular weight is 819 g/mol. The van der Waals surface area contributed by atoms with E-state index < -0.39 is 34.8 Å². The number of nitrogen functional groups attached to an aromatic ring is 1. The second-order valence-corrected chi connectivity index (χ2v) is 17.0. The number of nitrogens with one attached hydrogen (secondary N) is 2. The highest BCUT2D eigenvalue weighted by Crippen LogP contribution is 2.42. The number of nitrogens with zero attached hydrogens (tertiary/aromatic N) is 3. The second-order valence-electron chi connectivity index (χ2n) is 15.0. The zero-order chi connectivity index (χ0) is 40.5. The normalized spacial score (nSPS) is 20.2. The molecule has 3 aromatic carbocycles. The number of fused-ring (bicyclic) bond motifs is 1. The van der Waals surface area contributed by atoms with Crippen molar-refractivity contribution >= 4 is 51.7 Å². The van der Waals surface area contributed by atoms with Crippen LogP contribution in [0.4, 0.5) is 5.13 Å². The van der Waals surface area contributed by atoms with Gasteiger partial charge in [-0.2, -0.15) is 0 Å². The van der Waals surface area contributed by atoms with Gasteiger partial charge in [-0.3, -0.25) is 14.5 Å². The molecular weight excluding hydrogens is 769 g/mol. The number of oxime groups is 1. The molecular formula is C45H50N6O5S2. The van der Waals surface area contributed by atoms with Crippen molar-refractivity contribution in [3.8, 4) is 0 Å². The molecule has 2 atom stereocenters. The Balaban J connectivity index is 0.000000333. The molecule has 3 fully saturated rings. The fraction of sp³-hybridized carbons (Fsp3) is 0.356. The summed E-state index contributed by atoms with van der Waals surface area (Å²) in [6, 6.07) is 29.3. The highest BCUT2D eigenvalue weighted by molar-refractivity contribution is 8.00. The van der Waals surface area contributed by atoms with Crippen LogP contribution in [0.1, 0.15) is 86.6 Å². The van der Waals surface area contributed by atoms with E-state index in [1.807, 2.05) is 91.0 Å². The van der Waals surface area contributed by atoms with E-state index >= 15 is 0 Å². The molecule has 2 aliphatic carbocycles. The van der Waals surface area contributed by atoms with Gasteiger partial charge < -0.3 is 26.3 Å². The van der Waals surface area contributed by atoms with Crippen molar-refractivity contribution in [2.45, 2.75) is 93.3 Å². The SMILES string of the molecule is C1CCC(NC2CCCCC2)CC1.C=CC1=C(C(=O)O)N2C(=O)[C@@H](NC(=O)/C(=N\OC(c3ccccc3)(c3ccccc3)c3ccccc3)c3csc(N)n3)[C@@H]2SC1. The predicted molar refractivity (Wildman–Crippen MR) is 230 cm³/mol. The van der Waals surface area contributed by atoms with Gasteiger partial charge in [-0.15, -0.1) is 23.1 Å². The largest absolute Gasteiger partial charge is 0.477 e. The number of carboxylic acids is 1. The van der Waals surface area contributed by atoms with Crippen LogP contribution in [0.15, 0.2) is 125 Å². The van der Waals surface area contributed by atoms with E-state index in [0.29, 0.717) is 11.3 Å². The van der Waals surface area contributed by atoms with Gasteiger partial charge in [-0.1, -0.05) is 147 Å². The zero-order valence-corrected chi connectivity index (χ0v) is 34.1. The predicted octanol–water partition coefficient (Wildman–Crippen LogP) is 7.60. The molecule has 4 aliphatic rings. The van der Waals surface area contributed by atoms with Crippen LogP contribution in [0.25, 0.3) is 0 Å².